The van der Waals surface area contributed by atoms with Crippen molar-refractivity contribution in [3.63, 3.8) is 0 Å². The number of benzene rings is 1. The van der Waals surface area contributed by atoms with Crippen LogP contribution in [0.4, 0.5) is 4.39 Å². The molecular weight excluding hydrogens is 243 g/mol. The lowest BCUT2D eigenvalue weighted by Gasteiger charge is -2.07. The van der Waals surface area contributed by atoms with E-state index in [1.54, 1.807) is 0 Å². The zero-order valence-electron chi connectivity index (χ0n) is 8.72. The van der Waals surface area contributed by atoms with Gasteiger partial charge in [0.15, 0.2) is 0 Å². The molecule has 0 bridgehead atoms. The minimum Gasteiger partial charge on any atom is -0.487 e. The van der Waals surface area contributed by atoms with Gasteiger partial charge in [0.1, 0.15) is 23.7 Å². The molecular formula is C12H9FO3S. The summed E-state index contributed by atoms with van der Waals surface area (Å²) in [5.41, 5.74) is -0.0389. The van der Waals surface area contributed by atoms with Gasteiger partial charge in [-0.2, -0.15) is 0 Å². The van der Waals surface area contributed by atoms with Crippen LogP contribution >= 0.6 is 11.3 Å². The number of rotatable bonds is 4. The largest absolute Gasteiger partial charge is 0.487 e. The van der Waals surface area contributed by atoms with E-state index in [0.29, 0.717) is 0 Å². The molecule has 0 radical (unpaired) electrons. The Kier molecular flexibility index (Phi) is 3.39. The first-order valence-corrected chi connectivity index (χ1v) is 5.73. The molecule has 0 unspecified atom stereocenters. The number of hydrogen-bond donors (Lipinski definition) is 1. The van der Waals surface area contributed by atoms with Crippen LogP contribution in [0.2, 0.25) is 0 Å². The lowest BCUT2D eigenvalue weighted by atomic mass is 10.2. The van der Waals surface area contributed by atoms with E-state index in [4.69, 9.17) is 9.84 Å². The third-order valence-electron chi connectivity index (χ3n) is 2.12. The van der Waals surface area contributed by atoms with Crippen molar-refractivity contribution in [1.82, 2.24) is 0 Å². The number of halogens is 1. The van der Waals surface area contributed by atoms with Crippen LogP contribution in [0.5, 0.6) is 5.75 Å². The Labute approximate surface area is 101 Å². The third kappa shape index (κ3) is 2.82. The molecule has 2 aromatic rings. The third-order valence-corrected chi connectivity index (χ3v) is 2.97. The van der Waals surface area contributed by atoms with Gasteiger partial charge >= 0.3 is 5.97 Å². The Bertz CT molecular complexity index is 523. The fourth-order valence-corrected chi connectivity index (χ4v) is 1.95. The molecule has 1 aromatic carbocycles. The average molecular weight is 252 g/mol. The van der Waals surface area contributed by atoms with Crippen LogP contribution in [0.15, 0.2) is 35.7 Å². The van der Waals surface area contributed by atoms with E-state index < -0.39 is 11.8 Å². The summed E-state index contributed by atoms with van der Waals surface area (Å²) in [6, 6.07) is 7.11. The summed E-state index contributed by atoms with van der Waals surface area (Å²) in [7, 11) is 0. The summed E-state index contributed by atoms with van der Waals surface area (Å²) in [5, 5.41) is 10.8. The summed E-state index contributed by atoms with van der Waals surface area (Å²) in [6.07, 6.45) is 0. The normalized spacial score (nSPS) is 10.2. The Morgan fingerprint density at radius 2 is 2.24 bits per heavy atom. The zero-order chi connectivity index (χ0) is 12.3. The van der Waals surface area contributed by atoms with Crippen LogP contribution in [0.1, 0.15) is 15.2 Å². The maximum Gasteiger partial charge on any atom is 0.339 e. The summed E-state index contributed by atoms with van der Waals surface area (Å²) >= 11 is 1.49. The molecule has 2 rings (SSSR count). The fraction of sp³-hybridized carbons (Fsp3) is 0.0833. The molecule has 0 amide bonds. The molecule has 0 saturated carbocycles. The molecule has 17 heavy (non-hydrogen) atoms. The van der Waals surface area contributed by atoms with Crippen molar-refractivity contribution in [3.05, 3.63) is 52.0 Å². The van der Waals surface area contributed by atoms with Gasteiger partial charge in [-0.05, 0) is 23.6 Å². The highest BCUT2D eigenvalue weighted by molar-refractivity contribution is 7.09. The first-order valence-electron chi connectivity index (χ1n) is 4.85. The highest BCUT2D eigenvalue weighted by Gasteiger charge is 2.12. The second-order valence-electron chi connectivity index (χ2n) is 3.31. The summed E-state index contributed by atoms with van der Waals surface area (Å²) in [6.45, 7) is 0.238. The van der Waals surface area contributed by atoms with Gasteiger partial charge in [-0.1, -0.05) is 6.07 Å². The molecule has 0 spiro atoms. The Morgan fingerprint density at radius 3 is 2.88 bits per heavy atom. The first-order chi connectivity index (χ1) is 8.16. The van der Waals surface area contributed by atoms with Crippen molar-refractivity contribution < 1.29 is 19.0 Å². The van der Waals surface area contributed by atoms with Gasteiger partial charge in [-0.25, -0.2) is 9.18 Å². The van der Waals surface area contributed by atoms with Crippen LogP contribution in [0, 0.1) is 5.82 Å². The summed E-state index contributed by atoms with van der Waals surface area (Å²) < 4.78 is 18.3. The molecule has 0 aliphatic rings. The molecule has 0 fully saturated rings. The van der Waals surface area contributed by atoms with Crippen molar-refractivity contribution in [3.8, 4) is 5.75 Å². The van der Waals surface area contributed by atoms with E-state index in [1.807, 2.05) is 17.5 Å². The van der Waals surface area contributed by atoms with Gasteiger partial charge in [0.2, 0.25) is 0 Å². The molecule has 1 aromatic heterocycles. The predicted octanol–water partition coefficient (Wildman–Crippen LogP) is 3.16. The molecule has 5 heteroatoms. The van der Waals surface area contributed by atoms with Crippen molar-refractivity contribution in [2.24, 2.45) is 0 Å². The van der Waals surface area contributed by atoms with Crippen LogP contribution in [-0.4, -0.2) is 11.1 Å². The van der Waals surface area contributed by atoms with Crippen molar-refractivity contribution in [1.29, 1.82) is 0 Å². The number of carbonyl (C=O) groups is 1. The Balaban J connectivity index is 2.19. The highest BCUT2D eigenvalue weighted by atomic mass is 32.1. The number of carboxylic acid groups (broad SMARTS) is 1. The van der Waals surface area contributed by atoms with Gasteiger partial charge in [-0.3, -0.25) is 0 Å². The SMILES string of the molecule is O=C(O)c1ccc(F)cc1OCc1cccs1. The number of hydrogen-bond acceptors (Lipinski definition) is 3. The number of ether oxygens (including phenoxy) is 1. The quantitative estimate of drug-likeness (QED) is 0.909. The second kappa shape index (κ2) is 4.97. The number of aromatic carboxylic acids is 1. The molecule has 0 aliphatic carbocycles. The van der Waals surface area contributed by atoms with Crippen LogP contribution < -0.4 is 4.74 Å². The first kappa shape index (κ1) is 11.6. The van der Waals surface area contributed by atoms with Crippen LogP contribution in [0.25, 0.3) is 0 Å². The van der Waals surface area contributed by atoms with Gasteiger partial charge < -0.3 is 9.84 Å². The van der Waals surface area contributed by atoms with Gasteiger partial charge in [0.05, 0.1) is 0 Å². The Hall–Kier alpha value is -1.88. The van der Waals surface area contributed by atoms with E-state index in [1.165, 1.54) is 17.4 Å². The van der Waals surface area contributed by atoms with Crippen molar-refractivity contribution in [2.45, 2.75) is 6.61 Å². The van der Waals surface area contributed by atoms with Gasteiger partial charge in [-0.15, -0.1) is 11.3 Å². The summed E-state index contributed by atoms with van der Waals surface area (Å²) in [5.74, 6) is -1.60. The summed E-state index contributed by atoms with van der Waals surface area (Å²) in [4.78, 5) is 11.8. The maximum absolute atomic E-state index is 13.0. The molecule has 0 saturated heterocycles. The van der Waals surface area contributed by atoms with E-state index in [0.717, 1.165) is 17.0 Å². The maximum atomic E-state index is 13.0. The number of carboxylic acids is 1. The van der Waals surface area contributed by atoms with Gasteiger partial charge in [0.25, 0.3) is 0 Å². The van der Waals surface area contributed by atoms with Crippen LogP contribution in [0.3, 0.4) is 0 Å². The zero-order valence-corrected chi connectivity index (χ0v) is 9.54. The molecule has 1 N–H and O–H groups in total. The molecule has 3 nitrogen and oxygen atoms in total. The van der Waals surface area contributed by atoms with Crippen molar-refractivity contribution >= 4 is 17.3 Å². The topological polar surface area (TPSA) is 46.5 Å². The standard InChI is InChI=1S/C12H9FO3S/c13-8-3-4-10(12(14)15)11(6-8)16-7-9-2-1-5-17-9/h1-6H,7H2,(H,14,15). The van der Waals surface area contributed by atoms with E-state index in [2.05, 4.69) is 0 Å². The van der Waals surface area contributed by atoms with E-state index in [-0.39, 0.29) is 17.9 Å². The predicted molar refractivity (Wildman–Crippen MR) is 62.0 cm³/mol. The minimum absolute atomic E-state index is 0.0389. The minimum atomic E-state index is -1.13. The molecule has 0 atom stereocenters. The molecule has 1 heterocycles. The number of thiophene rings is 1. The van der Waals surface area contributed by atoms with E-state index >= 15 is 0 Å². The Morgan fingerprint density at radius 1 is 1.41 bits per heavy atom. The van der Waals surface area contributed by atoms with Gasteiger partial charge in [0, 0.05) is 10.9 Å². The van der Waals surface area contributed by atoms with E-state index in [9.17, 15) is 9.18 Å². The second-order valence-corrected chi connectivity index (χ2v) is 4.35. The smallest absolute Gasteiger partial charge is 0.339 e. The fourth-order valence-electron chi connectivity index (χ4n) is 1.34. The lowest BCUT2D eigenvalue weighted by molar-refractivity contribution is 0.0691. The van der Waals surface area contributed by atoms with Crippen LogP contribution in [-0.2, 0) is 6.61 Å². The molecule has 0 aliphatic heterocycles. The van der Waals surface area contributed by atoms with Crippen molar-refractivity contribution in [2.75, 3.05) is 0 Å². The lowest BCUT2D eigenvalue weighted by Crippen LogP contribution is -2.03. The molecule has 88 valence electrons. The highest BCUT2D eigenvalue weighted by Crippen LogP contribution is 2.22. The average Bonchev–Trinajstić information content (AvgIpc) is 2.78. The monoisotopic (exact) mass is 252 g/mol.